The summed E-state index contributed by atoms with van der Waals surface area (Å²) in [6.07, 6.45) is 3.60. The van der Waals surface area contributed by atoms with Gasteiger partial charge in [-0.2, -0.15) is 9.97 Å². The number of piperidine rings is 1. The molecule has 0 aliphatic carbocycles. The summed E-state index contributed by atoms with van der Waals surface area (Å²) in [6, 6.07) is 20.5. The molecule has 0 radical (unpaired) electrons. The third-order valence-electron chi connectivity index (χ3n) is 5.65. The van der Waals surface area contributed by atoms with Crippen LogP contribution in [0.2, 0.25) is 0 Å². The predicted octanol–water partition coefficient (Wildman–Crippen LogP) is 4.81. The highest BCUT2D eigenvalue weighted by atomic mass is 15.3. The first-order valence-corrected chi connectivity index (χ1v) is 10.8. The molecule has 0 atom stereocenters. The summed E-state index contributed by atoms with van der Waals surface area (Å²) in [6.45, 7) is 1.98. The number of anilines is 2. The Hall–Kier alpha value is -3.54. The van der Waals surface area contributed by atoms with Gasteiger partial charge in [0.25, 0.3) is 0 Å². The van der Waals surface area contributed by atoms with Crippen molar-refractivity contribution in [2.45, 2.75) is 19.3 Å². The maximum absolute atomic E-state index is 5.15. The van der Waals surface area contributed by atoms with E-state index in [4.69, 9.17) is 19.9 Å². The largest absolute Gasteiger partial charge is 0.355 e. The van der Waals surface area contributed by atoms with E-state index >= 15 is 0 Å². The van der Waals surface area contributed by atoms with Crippen LogP contribution in [0.15, 0.2) is 60.7 Å². The highest BCUT2D eigenvalue weighted by molar-refractivity contribution is 5.90. The van der Waals surface area contributed by atoms with Gasteiger partial charge < -0.3 is 9.80 Å². The van der Waals surface area contributed by atoms with Crippen LogP contribution in [0.25, 0.3) is 33.7 Å². The molecule has 0 bridgehead atoms. The molecule has 156 valence electrons. The van der Waals surface area contributed by atoms with Gasteiger partial charge in [-0.25, -0.2) is 9.97 Å². The van der Waals surface area contributed by atoms with Gasteiger partial charge in [-0.05, 0) is 19.3 Å². The fourth-order valence-electron chi connectivity index (χ4n) is 4.04. The third-order valence-corrected chi connectivity index (χ3v) is 5.65. The first-order chi connectivity index (χ1) is 15.2. The van der Waals surface area contributed by atoms with Crippen molar-refractivity contribution in [2.75, 3.05) is 37.0 Å². The van der Waals surface area contributed by atoms with Crippen molar-refractivity contribution < 1.29 is 0 Å². The lowest BCUT2D eigenvalue weighted by atomic mass is 10.0. The molecule has 1 aliphatic rings. The van der Waals surface area contributed by atoms with Crippen molar-refractivity contribution in [3.63, 3.8) is 0 Å². The van der Waals surface area contributed by atoms with Gasteiger partial charge in [-0.15, -0.1) is 0 Å². The minimum Gasteiger partial charge on any atom is -0.355 e. The zero-order valence-electron chi connectivity index (χ0n) is 18.0. The van der Waals surface area contributed by atoms with Crippen molar-refractivity contribution in [1.29, 1.82) is 0 Å². The van der Waals surface area contributed by atoms with E-state index < -0.39 is 0 Å². The monoisotopic (exact) mass is 410 g/mol. The number of fused-ring (bicyclic) bond motifs is 1. The molecule has 0 amide bonds. The smallest absolute Gasteiger partial charge is 0.228 e. The van der Waals surface area contributed by atoms with Crippen LogP contribution in [0, 0.1) is 0 Å². The van der Waals surface area contributed by atoms with Gasteiger partial charge >= 0.3 is 0 Å². The Morgan fingerprint density at radius 3 is 1.84 bits per heavy atom. The molecule has 1 saturated heterocycles. The minimum atomic E-state index is 0.637. The van der Waals surface area contributed by atoms with Crippen LogP contribution in [0.4, 0.5) is 11.8 Å². The number of aromatic nitrogens is 4. The van der Waals surface area contributed by atoms with E-state index in [1.165, 1.54) is 19.3 Å². The molecule has 5 rings (SSSR count). The SMILES string of the molecule is CN(C)c1nc(N2CCCCC2)c2nc(-c3ccccc3)c(-c3ccccc3)nc2n1. The Kier molecular flexibility index (Phi) is 5.20. The van der Waals surface area contributed by atoms with Crippen LogP contribution < -0.4 is 9.80 Å². The molecular formula is C25H26N6. The standard InChI is InChI=1S/C25H26N6/c1-30(2)25-28-23-22(24(29-25)31-16-10-5-11-17-31)26-20(18-12-6-3-7-13-18)21(27-23)19-14-8-4-9-15-19/h3-4,6-9,12-15H,5,10-11,16-17H2,1-2H3. The summed E-state index contributed by atoms with van der Waals surface area (Å²) >= 11 is 0. The van der Waals surface area contributed by atoms with Crippen molar-refractivity contribution in [1.82, 2.24) is 19.9 Å². The van der Waals surface area contributed by atoms with E-state index in [-0.39, 0.29) is 0 Å². The molecule has 1 aliphatic heterocycles. The second-order valence-corrected chi connectivity index (χ2v) is 8.11. The van der Waals surface area contributed by atoms with Gasteiger partial charge in [0.15, 0.2) is 17.0 Å². The van der Waals surface area contributed by atoms with Gasteiger partial charge in [-0.1, -0.05) is 60.7 Å². The van der Waals surface area contributed by atoms with Crippen LogP contribution in [0.3, 0.4) is 0 Å². The maximum Gasteiger partial charge on any atom is 0.228 e. The summed E-state index contributed by atoms with van der Waals surface area (Å²) in [5.74, 6) is 1.55. The normalized spacial score (nSPS) is 14.1. The molecule has 0 spiro atoms. The minimum absolute atomic E-state index is 0.637. The molecule has 2 aromatic carbocycles. The molecule has 2 aromatic heterocycles. The molecule has 6 nitrogen and oxygen atoms in total. The van der Waals surface area contributed by atoms with E-state index in [1.807, 2.05) is 55.4 Å². The van der Waals surface area contributed by atoms with Crippen molar-refractivity contribution in [2.24, 2.45) is 0 Å². The maximum atomic E-state index is 5.15. The number of hydrogen-bond acceptors (Lipinski definition) is 6. The average molecular weight is 411 g/mol. The third kappa shape index (κ3) is 3.81. The highest BCUT2D eigenvalue weighted by Crippen LogP contribution is 2.34. The number of rotatable bonds is 4. The van der Waals surface area contributed by atoms with E-state index in [0.29, 0.717) is 11.6 Å². The lowest BCUT2D eigenvalue weighted by Gasteiger charge is -2.29. The summed E-state index contributed by atoms with van der Waals surface area (Å²) < 4.78 is 0. The van der Waals surface area contributed by atoms with E-state index in [1.54, 1.807) is 0 Å². The molecular weight excluding hydrogens is 384 g/mol. The average Bonchev–Trinajstić information content (AvgIpc) is 2.84. The molecule has 0 N–H and O–H groups in total. The van der Waals surface area contributed by atoms with Crippen LogP contribution in [0.5, 0.6) is 0 Å². The molecule has 3 heterocycles. The molecule has 1 fully saturated rings. The molecule has 6 heteroatoms. The van der Waals surface area contributed by atoms with Crippen LogP contribution in [-0.4, -0.2) is 47.1 Å². The Labute approximate surface area is 182 Å². The van der Waals surface area contributed by atoms with Crippen molar-refractivity contribution in [3.8, 4) is 22.5 Å². The lowest BCUT2D eigenvalue weighted by molar-refractivity contribution is 0.574. The fourth-order valence-corrected chi connectivity index (χ4v) is 4.04. The first-order valence-electron chi connectivity index (χ1n) is 10.8. The van der Waals surface area contributed by atoms with E-state index in [2.05, 4.69) is 29.2 Å². The van der Waals surface area contributed by atoms with Crippen LogP contribution in [0.1, 0.15) is 19.3 Å². The zero-order chi connectivity index (χ0) is 21.2. The Bertz CT molecular complexity index is 1190. The van der Waals surface area contributed by atoms with Crippen LogP contribution in [-0.2, 0) is 0 Å². The fraction of sp³-hybridized carbons (Fsp3) is 0.280. The zero-order valence-corrected chi connectivity index (χ0v) is 18.0. The van der Waals surface area contributed by atoms with Crippen molar-refractivity contribution in [3.05, 3.63) is 60.7 Å². The predicted molar refractivity (Wildman–Crippen MR) is 126 cm³/mol. The Morgan fingerprint density at radius 1 is 0.677 bits per heavy atom. The Morgan fingerprint density at radius 2 is 1.26 bits per heavy atom. The summed E-state index contributed by atoms with van der Waals surface area (Å²) in [5.41, 5.74) is 5.17. The summed E-state index contributed by atoms with van der Waals surface area (Å²) in [4.78, 5) is 24.1. The van der Waals surface area contributed by atoms with Gasteiger partial charge in [0, 0.05) is 38.3 Å². The summed E-state index contributed by atoms with van der Waals surface area (Å²) in [7, 11) is 3.93. The highest BCUT2D eigenvalue weighted by Gasteiger charge is 2.22. The van der Waals surface area contributed by atoms with Gasteiger partial charge in [0.1, 0.15) is 0 Å². The Balaban J connectivity index is 1.80. The van der Waals surface area contributed by atoms with Crippen LogP contribution >= 0.6 is 0 Å². The number of benzene rings is 2. The summed E-state index contributed by atoms with van der Waals surface area (Å²) in [5, 5.41) is 0. The molecule has 0 saturated carbocycles. The topological polar surface area (TPSA) is 58.0 Å². The van der Waals surface area contributed by atoms with Crippen molar-refractivity contribution >= 4 is 22.9 Å². The lowest BCUT2D eigenvalue weighted by Crippen LogP contribution is -2.31. The van der Waals surface area contributed by atoms with Gasteiger partial charge in [-0.3, -0.25) is 0 Å². The first kappa shape index (κ1) is 19.4. The van der Waals surface area contributed by atoms with Gasteiger partial charge in [0.05, 0.1) is 11.4 Å². The second kappa shape index (κ2) is 8.30. The number of nitrogens with zero attached hydrogens (tertiary/aromatic N) is 6. The molecule has 4 aromatic rings. The van der Waals surface area contributed by atoms with Gasteiger partial charge in [0.2, 0.25) is 5.95 Å². The quantitative estimate of drug-likeness (QED) is 0.481. The number of hydrogen-bond donors (Lipinski definition) is 0. The molecule has 0 unspecified atom stereocenters. The molecule has 31 heavy (non-hydrogen) atoms. The van der Waals surface area contributed by atoms with E-state index in [9.17, 15) is 0 Å². The second-order valence-electron chi connectivity index (χ2n) is 8.11. The van der Waals surface area contributed by atoms with E-state index in [0.717, 1.165) is 46.9 Å².